The first kappa shape index (κ1) is 15.6. The normalized spacial score (nSPS) is 17.9. The first-order valence-corrected chi connectivity index (χ1v) is 9.80. The maximum Gasteiger partial charge on any atom is 0.130 e. The standard InChI is InChI=1S/C18H21NOS2/c1-3-13-11-19(14-7-5-4-6-8-14)15-9-18(21-2)16(20)10-17(15)22-12-13/h4-10,13,20H,3,11-12H2,1-2H3/t13-/m0/s1. The molecule has 0 aliphatic carbocycles. The van der Waals surface area contributed by atoms with E-state index in [1.54, 1.807) is 11.8 Å². The molecule has 0 amide bonds. The lowest BCUT2D eigenvalue weighted by atomic mass is 10.1. The topological polar surface area (TPSA) is 23.5 Å². The number of hydrogen-bond donors (Lipinski definition) is 1. The van der Waals surface area contributed by atoms with Gasteiger partial charge in [0.2, 0.25) is 0 Å². The average Bonchev–Trinajstić information content (AvgIpc) is 2.74. The number of phenols is 1. The summed E-state index contributed by atoms with van der Waals surface area (Å²) in [5.74, 6) is 2.14. The molecule has 22 heavy (non-hydrogen) atoms. The second kappa shape index (κ2) is 6.88. The molecule has 1 heterocycles. The van der Waals surface area contributed by atoms with E-state index in [0.717, 1.165) is 17.2 Å². The summed E-state index contributed by atoms with van der Waals surface area (Å²) in [6.45, 7) is 3.29. The number of benzene rings is 2. The summed E-state index contributed by atoms with van der Waals surface area (Å²) in [7, 11) is 0. The van der Waals surface area contributed by atoms with Crippen LogP contribution >= 0.6 is 23.5 Å². The quantitative estimate of drug-likeness (QED) is 0.762. The lowest BCUT2D eigenvalue weighted by Crippen LogP contribution is -2.24. The zero-order valence-corrected chi connectivity index (χ0v) is 14.6. The minimum atomic E-state index is 0.390. The van der Waals surface area contributed by atoms with Gasteiger partial charge in [0.1, 0.15) is 5.75 Å². The Morgan fingerprint density at radius 2 is 2.05 bits per heavy atom. The molecule has 1 aliphatic rings. The highest BCUT2D eigenvalue weighted by Gasteiger charge is 2.24. The van der Waals surface area contributed by atoms with Gasteiger partial charge in [-0.1, -0.05) is 31.5 Å². The number of phenolic OH excluding ortho intramolecular Hbond substituents is 1. The number of hydrogen-bond acceptors (Lipinski definition) is 4. The number of anilines is 2. The molecular weight excluding hydrogens is 310 g/mol. The van der Waals surface area contributed by atoms with Gasteiger partial charge in [-0.25, -0.2) is 0 Å². The molecule has 0 unspecified atom stereocenters. The van der Waals surface area contributed by atoms with Crippen molar-refractivity contribution in [2.75, 3.05) is 23.5 Å². The van der Waals surface area contributed by atoms with Crippen molar-refractivity contribution in [1.29, 1.82) is 0 Å². The highest BCUT2D eigenvalue weighted by atomic mass is 32.2. The molecule has 2 nitrogen and oxygen atoms in total. The van der Waals surface area contributed by atoms with E-state index in [1.807, 2.05) is 24.1 Å². The van der Waals surface area contributed by atoms with Gasteiger partial charge in [0.25, 0.3) is 0 Å². The molecule has 1 aliphatic heterocycles. The summed E-state index contributed by atoms with van der Waals surface area (Å²) in [6, 6.07) is 14.6. The van der Waals surface area contributed by atoms with Gasteiger partial charge in [0.15, 0.2) is 0 Å². The van der Waals surface area contributed by atoms with Crippen LogP contribution in [0.2, 0.25) is 0 Å². The minimum absolute atomic E-state index is 0.390. The number of nitrogens with zero attached hydrogens (tertiary/aromatic N) is 1. The van der Waals surface area contributed by atoms with Crippen LogP contribution in [0, 0.1) is 5.92 Å². The number of para-hydroxylation sites is 1. The number of thioether (sulfide) groups is 2. The van der Waals surface area contributed by atoms with Crippen LogP contribution in [0.25, 0.3) is 0 Å². The maximum absolute atomic E-state index is 10.2. The number of fused-ring (bicyclic) bond motifs is 1. The van der Waals surface area contributed by atoms with Crippen LogP contribution < -0.4 is 4.90 Å². The zero-order chi connectivity index (χ0) is 15.5. The lowest BCUT2D eigenvalue weighted by molar-refractivity contribution is 0.461. The van der Waals surface area contributed by atoms with E-state index >= 15 is 0 Å². The first-order chi connectivity index (χ1) is 10.7. The SMILES string of the molecule is CC[C@@H]1CSc2cc(O)c(SC)cc2N(c2ccccc2)C1. The Labute approximate surface area is 140 Å². The Morgan fingerprint density at radius 1 is 1.27 bits per heavy atom. The molecule has 0 saturated heterocycles. The Morgan fingerprint density at radius 3 is 2.73 bits per heavy atom. The fraction of sp³-hybridized carbons (Fsp3) is 0.333. The van der Waals surface area contributed by atoms with Crippen LogP contribution in [-0.4, -0.2) is 23.7 Å². The van der Waals surface area contributed by atoms with Crippen molar-refractivity contribution in [3.05, 3.63) is 42.5 Å². The third-order valence-corrected chi connectivity index (χ3v) is 6.15. The van der Waals surface area contributed by atoms with Gasteiger partial charge in [-0.05, 0) is 36.4 Å². The van der Waals surface area contributed by atoms with Crippen molar-refractivity contribution in [1.82, 2.24) is 0 Å². The molecule has 1 atom stereocenters. The van der Waals surface area contributed by atoms with Crippen LogP contribution in [0.5, 0.6) is 5.75 Å². The van der Waals surface area contributed by atoms with E-state index in [0.29, 0.717) is 11.7 Å². The van der Waals surface area contributed by atoms with Gasteiger partial charge < -0.3 is 10.0 Å². The molecular formula is C18H21NOS2. The predicted octanol–water partition coefficient (Wildman–Crippen LogP) is 5.38. The summed E-state index contributed by atoms with van der Waals surface area (Å²) in [6.07, 6.45) is 3.18. The molecule has 0 aromatic heterocycles. The first-order valence-electron chi connectivity index (χ1n) is 7.59. The van der Waals surface area contributed by atoms with Crippen LogP contribution in [0.15, 0.2) is 52.3 Å². The van der Waals surface area contributed by atoms with Crippen molar-refractivity contribution in [3.63, 3.8) is 0 Å². The third kappa shape index (κ3) is 3.08. The van der Waals surface area contributed by atoms with E-state index in [1.165, 1.54) is 22.7 Å². The van der Waals surface area contributed by atoms with E-state index in [-0.39, 0.29) is 0 Å². The largest absolute Gasteiger partial charge is 0.507 e. The minimum Gasteiger partial charge on any atom is -0.507 e. The maximum atomic E-state index is 10.2. The summed E-state index contributed by atoms with van der Waals surface area (Å²) in [5.41, 5.74) is 2.44. The number of aromatic hydroxyl groups is 1. The second-order valence-electron chi connectivity index (χ2n) is 5.52. The van der Waals surface area contributed by atoms with Crippen molar-refractivity contribution < 1.29 is 5.11 Å². The zero-order valence-electron chi connectivity index (χ0n) is 13.0. The molecule has 0 spiro atoms. The molecule has 0 fully saturated rings. The van der Waals surface area contributed by atoms with Gasteiger partial charge >= 0.3 is 0 Å². The van der Waals surface area contributed by atoms with E-state index in [4.69, 9.17) is 0 Å². The van der Waals surface area contributed by atoms with Crippen LogP contribution in [0.1, 0.15) is 13.3 Å². The van der Waals surface area contributed by atoms with E-state index in [2.05, 4.69) is 48.2 Å². The van der Waals surface area contributed by atoms with Gasteiger partial charge in [-0.2, -0.15) is 0 Å². The molecule has 1 N–H and O–H groups in total. The highest BCUT2D eigenvalue weighted by molar-refractivity contribution is 7.99. The van der Waals surface area contributed by atoms with Gasteiger partial charge in [-0.3, -0.25) is 0 Å². The summed E-state index contributed by atoms with van der Waals surface area (Å²) in [4.78, 5) is 4.52. The Bertz CT molecular complexity index is 645. The third-order valence-electron chi connectivity index (χ3n) is 4.11. The Hall–Kier alpha value is -1.26. The van der Waals surface area contributed by atoms with Gasteiger partial charge in [0.05, 0.1) is 10.6 Å². The Balaban J connectivity index is 2.10. The van der Waals surface area contributed by atoms with Crippen LogP contribution in [-0.2, 0) is 0 Å². The molecule has 2 aromatic rings. The lowest BCUT2D eigenvalue weighted by Gasteiger charge is -2.27. The highest BCUT2D eigenvalue weighted by Crippen LogP contribution is 2.44. The average molecular weight is 332 g/mol. The molecule has 4 heteroatoms. The molecule has 2 aromatic carbocycles. The summed E-state index contributed by atoms with van der Waals surface area (Å²) in [5, 5.41) is 10.2. The molecule has 3 rings (SSSR count). The fourth-order valence-electron chi connectivity index (χ4n) is 2.74. The van der Waals surface area contributed by atoms with Crippen molar-refractivity contribution in [2.24, 2.45) is 5.92 Å². The van der Waals surface area contributed by atoms with Crippen molar-refractivity contribution in [3.8, 4) is 5.75 Å². The molecule has 0 saturated carbocycles. The molecule has 0 radical (unpaired) electrons. The summed E-state index contributed by atoms with van der Waals surface area (Å²) < 4.78 is 0. The summed E-state index contributed by atoms with van der Waals surface area (Å²) >= 11 is 3.46. The van der Waals surface area contributed by atoms with Gasteiger partial charge in [-0.15, -0.1) is 23.5 Å². The molecule has 116 valence electrons. The fourth-order valence-corrected chi connectivity index (χ4v) is 4.51. The van der Waals surface area contributed by atoms with Crippen LogP contribution in [0.4, 0.5) is 11.4 Å². The van der Waals surface area contributed by atoms with Gasteiger partial charge in [0, 0.05) is 22.9 Å². The van der Waals surface area contributed by atoms with Crippen LogP contribution in [0.3, 0.4) is 0 Å². The van der Waals surface area contributed by atoms with Crippen molar-refractivity contribution in [2.45, 2.75) is 23.1 Å². The van der Waals surface area contributed by atoms with E-state index in [9.17, 15) is 5.11 Å². The Kier molecular flexibility index (Phi) is 4.89. The number of rotatable bonds is 3. The predicted molar refractivity (Wildman–Crippen MR) is 97.8 cm³/mol. The van der Waals surface area contributed by atoms with Crippen molar-refractivity contribution >= 4 is 34.9 Å². The van der Waals surface area contributed by atoms with E-state index < -0.39 is 0 Å². The molecule has 0 bridgehead atoms. The second-order valence-corrected chi connectivity index (χ2v) is 7.43. The smallest absolute Gasteiger partial charge is 0.130 e. The monoisotopic (exact) mass is 331 g/mol.